The molecule has 1 aromatic heterocycles. The van der Waals surface area contributed by atoms with Gasteiger partial charge in [-0.3, -0.25) is 4.57 Å². The number of aliphatic hydroxyl groups is 1. The highest BCUT2D eigenvalue weighted by Crippen LogP contribution is 2.33. The fourth-order valence-electron chi connectivity index (χ4n) is 2.85. The molecule has 1 aliphatic carbocycles. The number of halogens is 2. The lowest BCUT2D eigenvalue weighted by atomic mass is 10.2. The summed E-state index contributed by atoms with van der Waals surface area (Å²) < 4.78 is 15.4. The van der Waals surface area contributed by atoms with Crippen molar-refractivity contribution in [1.82, 2.24) is 9.55 Å². The van der Waals surface area contributed by atoms with E-state index in [-0.39, 0.29) is 24.7 Å². The zero-order chi connectivity index (χ0) is 16.4. The second-order valence-corrected chi connectivity index (χ2v) is 6.71. The number of benzene rings is 1. The van der Waals surface area contributed by atoms with E-state index in [1.54, 1.807) is 16.7 Å². The first-order chi connectivity index (χ1) is 11.1. The number of hydrogen-bond acceptors (Lipinski definition) is 4. The van der Waals surface area contributed by atoms with Crippen LogP contribution in [-0.2, 0) is 25.1 Å². The number of thioether (sulfide) groups is 1. The Balaban J connectivity index is 1.91. The molecule has 3 rings (SSSR count). The molecule has 23 heavy (non-hydrogen) atoms. The zero-order valence-electron chi connectivity index (χ0n) is 12.4. The van der Waals surface area contributed by atoms with Crippen LogP contribution in [0.25, 0.3) is 0 Å². The van der Waals surface area contributed by atoms with Crippen molar-refractivity contribution in [3.05, 3.63) is 56.3 Å². The van der Waals surface area contributed by atoms with Gasteiger partial charge in [0.2, 0.25) is 0 Å². The van der Waals surface area contributed by atoms with Crippen LogP contribution in [0.3, 0.4) is 0 Å². The number of aromatic nitrogens is 2. The first-order valence-electron chi connectivity index (χ1n) is 7.41. The fourth-order valence-corrected chi connectivity index (χ4v) is 4.27. The highest BCUT2D eigenvalue weighted by molar-refractivity contribution is 7.98. The number of fused-ring (bicyclic) bond motifs is 1. The van der Waals surface area contributed by atoms with Crippen molar-refractivity contribution >= 4 is 23.4 Å². The topological polar surface area (TPSA) is 55.1 Å². The van der Waals surface area contributed by atoms with Crippen molar-refractivity contribution in [3.8, 4) is 0 Å². The molecule has 1 aromatic carbocycles. The first kappa shape index (κ1) is 16.5. The van der Waals surface area contributed by atoms with Crippen LogP contribution in [0.4, 0.5) is 4.39 Å². The second kappa shape index (κ2) is 7.03. The minimum Gasteiger partial charge on any atom is -0.395 e. The van der Waals surface area contributed by atoms with Crippen molar-refractivity contribution in [2.24, 2.45) is 0 Å². The van der Waals surface area contributed by atoms with Crippen molar-refractivity contribution in [2.45, 2.75) is 36.6 Å². The van der Waals surface area contributed by atoms with Gasteiger partial charge in [0.25, 0.3) is 0 Å². The van der Waals surface area contributed by atoms with Gasteiger partial charge in [-0.15, -0.1) is 11.8 Å². The van der Waals surface area contributed by atoms with Gasteiger partial charge in [0.1, 0.15) is 10.8 Å². The Labute approximate surface area is 142 Å². The van der Waals surface area contributed by atoms with Crippen LogP contribution < -0.4 is 5.69 Å². The molecule has 2 aromatic rings. The molecule has 1 aliphatic rings. The van der Waals surface area contributed by atoms with Gasteiger partial charge in [-0.2, -0.15) is 4.98 Å². The highest BCUT2D eigenvalue weighted by atomic mass is 35.5. The van der Waals surface area contributed by atoms with E-state index in [0.717, 1.165) is 30.5 Å². The lowest BCUT2D eigenvalue weighted by molar-refractivity contribution is 0.271. The Morgan fingerprint density at radius 1 is 1.39 bits per heavy atom. The highest BCUT2D eigenvalue weighted by Gasteiger charge is 2.22. The number of hydrogen-bond donors (Lipinski definition) is 1. The maximum absolute atomic E-state index is 13.9. The van der Waals surface area contributed by atoms with Crippen molar-refractivity contribution in [1.29, 1.82) is 0 Å². The van der Waals surface area contributed by atoms with Gasteiger partial charge in [0, 0.05) is 27.6 Å². The van der Waals surface area contributed by atoms with E-state index in [2.05, 4.69) is 4.98 Å². The Bertz CT molecular complexity index is 774. The maximum atomic E-state index is 13.9. The van der Waals surface area contributed by atoms with Crippen LogP contribution in [-0.4, -0.2) is 21.3 Å². The smallest absolute Gasteiger partial charge is 0.348 e. The molecule has 0 aliphatic heterocycles. The monoisotopic (exact) mass is 354 g/mol. The predicted molar refractivity (Wildman–Crippen MR) is 88.6 cm³/mol. The van der Waals surface area contributed by atoms with E-state index in [4.69, 9.17) is 16.7 Å². The van der Waals surface area contributed by atoms with Gasteiger partial charge in [-0.1, -0.05) is 17.7 Å². The normalized spacial score (nSPS) is 13.3. The van der Waals surface area contributed by atoms with E-state index in [1.807, 2.05) is 0 Å². The standard InChI is InChI=1S/C16H16ClFN2O2S/c17-12-4-2-5-13(18)11(12)9-23-15-10-3-1-6-14(10)20(7-8-21)16(22)19-15/h2,4-5,21H,1,3,6-9H2. The van der Waals surface area contributed by atoms with Crippen LogP contribution in [0.2, 0.25) is 5.02 Å². The first-order valence-corrected chi connectivity index (χ1v) is 8.77. The summed E-state index contributed by atoms with van der Waals surface area (Å²) in [5.74, 6) is -0.0238. The van der Waals surface area contributed by atoms with Gasteiger partial charge < -0.3 is 5.11 Å². The summed E-state index contributed by atoms with van der Waals surface area (Å²) in [5, 5.41) is 10.1. The van der Waals surface area contributed by atoms with Crippen LogP contribution in [0.5, 0.6) is 0 Å². The van der Waals surface area contributed by atoms with Crippen molar-refractivity contribution < 1.29 is 9.50 Å². The molecular formula is C16H16ClFN2O2S. The number of rotatable bonds is 5. The molecule has 4 nitrogen and oxygen atoms in total. The molecule has 7 heteroatoms. The minimum absolute atomic E-state index is 0.0919. The molecule has 0 saturated heterocycles. The summed E-state index contributed by atoms with van der Waals surface area (Å²) in [6.45, 7) is 0.170. The second-order valence-electron chi connectivity index (χ2n) is 5.34. The summed E-state index contributed by atoms with van der Waals surface area (Å²) in [5.41, 5.74) is 2.05. The third kappa shape index (κ3) is 3.29. The van der Waals surface area contributed by atoms with E-state index >= 15 is 0 Å². The third-order valence-electron chi connectivity index (χ3n) is 3.94. The van der Waals surface area contributed by atoms with Crippen LogP contribution in [0, 0.1) is 5.82 Å². The van der Waals surface area contributed by atoms with Crippen molar-refractivity contribution in [2.75, 3.05) is 6.61 Å². The quantitative estimate of drug-likeness (QED) is 0.662. The van der Waals surface area contributed by atoms with E-state index in [1.165, 1.54) is 17.8 Å². The van der Waals surface area contributed by atoms with Crippen LogP contribution >= 0.6 is 23.4 Å². The third-order valence-corrected chi connectivity index (χ3v) is 5.34. The SMILES string of the molecule is O=c1nc(SCc2c(F)cccc2Cl)c2c(n1CCO)CCC2. The Kier molecular flexibility index (Phi) is 5.04. The molecular weight excluding hydrogens is 339 g/mol. The van der Waals surface area contributed by atoms with Gasteiger partial charge >= 0.3 is 5.69 Å². The summed E-state index contributed by atoms with van der Waals surface area (Å²) in [7, 11) is 0. The summed E-state index contributed by atoms with van der Waals surface area (Å²) >= 11 is 7.38. The molecule has 122 valence electrons. The summed E-state index contributed by atoms with van der Waals surface area (Å²) in [6.07, 6.45) is 2.61. The van der Waals surface area contributed by atoms with E-state index in [9.17, 15) is 9.18 Å². The molecule has 0 saturated carbocycles. The predicted octanol–water partition coefficient (Wildman–Crippen LogP) is 2.81. The Morgan fingerprint density at radius 3 is 2.96 bits per heavy atom. The average molecular weight is 355 g/mol. The fraction of sp³-hybridized carbons (Fsp3) is 0.375. The summed E-state index contributed by atoms with van der Waals surface area (Å²) in [4.78, 5) is 16.3. The van der Waals surface area contributed by atoms with Crippen LogP contribution in [0.15, 0.2) is 28.0 Å². The van der Waals surface area contributed by atoms with E-state index < -0.39 is 0 Å². The van der Waals surface area contributed by atoms with E-state index in [0.29, 0.717) is 21.4 Å². The molecule has 0 unspecified atom stereocenters. The molecule has 0 fully saturated rings. The average Bonchev–Trinajstić information content (AvgIpc) is 3.00. The molecule has 0 amide bonds. The number of aliphatic hydroxyl groups excluding tert-OH is 1. The van der Waals surface area contributed by atoms with Gasteiger partial charge in [-0.25, -0.2) is 9.18 Å². The molecule has 0 bridgehead atoms. The summed E-state index contributed by atoms with van der Waals surface area (Å²) in [6, 6.07) is 4.59. The minimum atomic E-state index is -0.359. The largest absolute Gasteiger partial charge is 0.395 e. The lowest BCUT2D eigenvalue weighted by Gasteiger charge is -2.13. The molecule has 0 spiro atoms. The molecule has 1 N–H and O–H groups in total. The maximum Gasteiger partial charge on any atom is 0.348 e. The molecule has 0 radical (unpaired) electrons. The molecule has 1 heterocycles. The number of nitrogens with zero attached hydrogens (tertiary/aromatic N) is 2. The zero-order valence-corrected chi connectivity index (χ0v) is 14.0. The lowest BCUT2D eigenvalue weighted by Crippen LogP contribution is -2.28. The van der Waals surface area contributed by atoms with Crippen LogP contribution in [0.1, 0.15) is 23.2 Å². The van der Waals surface area contributed by atoms with Gasteiger partial charge in [0.15, 0.2) is 0 Å². The van der Waals surface area contributed by atoms with Gasteiger partial charge in [-0.05, 0) is 31.4 Å². The van der Waals surface area contributed by atoms with Gasteiger partial charge in [0.05, 0.1) is 13.2 Å². The van der Waals surface area contributed by atoms with Crippen molar-refractivity contribution in [3.63, 3.8) is 0 Å². The Morgan fingerprint density at radius 2 is 2.22 bits per heavy atom. The Hall–Kier alpha value is -1.37. The molecule has 0 atom stereocenters.